The molecule has 0 saturated heterocycles. The van der Waals surface area contributed by atoms with Gasteiger partial charge in [0.05, 0.1) is 17.8 Å². The van der Waals surface area contributed by atoms with Crippen molar-refractivity contribution in [2.45, 2.75) is 13.3 Å². The molecule has 2 heterocycles. The molecular formula is C22H18ClN3O2. The molecule has 0 atom stereocenters. The number of aryl methyl sites for hydroxylation is 1. The van der Waals surface area contributed by atoms with Crippen molar-refractivity contribution in [1.82, 2.24) is 9.38 Å². The first-order valence-electron chi connectivity index (χ1n) is 8.84. The van der Waals surface area contributed by atoms with Crippen molar-refractivity contribution in [3.63, 3.8) is 0 Å². The quantitative estimate of drug-likeness (QED) is 0.504. The third kappa shape index (κ3) is 4.00. The molecule has 0 aliphatic carbocycles. The van der Waals surface area contributed by atoms with Gasteiger partial charge < -0.3 is 14.5 Å². The number of nitrogens with zero attached hydrogens (tertiary/aromatic N) is 2. The van der Waals surface area contributed by atoms with Gasteiger partial charge in [0.15, 0.2) is 5.75 Å². The van der Waals surface area contributed by atoms with E-state index in [1.807, 2.05) is 66.2 Å². The largest absolute Gasteiger partial charge is 0.455 e. The van der Waals surface area contributed by atoms with Gasteiger partial charge in [-0.25, -0.2) is 4.98 Å². The van der Waals surface area contributed by atoms with Gasteiger partial charge in [0, 0.05) is 17.4 Å². The van der Waals surface area contributed by atoms with Gasteiger partial charge in [0.1, 0.15) is 11.4 Å². The molecule has 4 aromatic rings. The number of rotatable bonds is 5. The molecule has 140 valence electrons. The van der Waals surface area contributed by atoms with E-state index in [0.717, 1.165) is 11.2 Å². The maximum atomic E-state index is 12.6. The minimum Gasteiger partial charge on any atom is -0.455 e. The smallest absolute Gasteiger partial charge is 0.230 e. The summed E-state index contributed by atoms with van der Waals surface area (Å²) in [6.07, 6.45) is 3.93. The fourth-order valence-electron chi connectivity index (χ4n) is 2.95. The third-order valence-corrected chi connectivity index (χ3v) is 4.49. The highest BCUT2D eigenvalue weighted by atomic mass is 35.5. The number of anilines is 1. The number of hydrogen-bond donors (Lipinski definition) is 1. The zero-order chi connectivity index (χ0) is 19.5. The van der Waals surface area contributed by atoms with Crippen LogP contribution in [0, 0.1) is 6.92 Å². The minimum atomic E-state index is -0.193. The Balaban J connectivity index is 1.53. The number of halogens is 1. The fraction of sp³-hybridized carbons (Fsp3) is 0.0909. The standard InChI is InChI=1S/C22H18ClN3O2/c1-15-6-5-11-26-14-17(24-22(15)26)13-21(27)25-19-12-16(23)9-10-20(19)28-18-7-3-2-4-8-18/h2-12,14H,13H2,1H3,(H,25,27). The summed E-state index contributed by atoms with van der Waals surface area (Å²) in [7, 11) is 0. The highest BCUT2D eigenvalue weighted by Crippen LogP contribution is 2.32. The van der Waals surface area contributed by atoms with Gasteiger partial charge in [-0.3, -0.25) is 4.79 Å². The lowest BCUT2D eigenvalue weighted by atomic mass is 10.2. The number of benzene rings is 2. The topological polar surface area (TPSA) is 55.6 Å². The Bertz CT molecular complexity index is 1140. The second-order valence-corrected chi connectivity index (χ2v) is 6.87. The highest BCUT2D eigenvalue weighted by molar-refractivity contribution is 6.31. The van der Waals surface area contributed by atoms with E-state index in [4.69, 9.17) is 16.3 Å². The van der Waals surface area contributed by atoms with Crippen LogP contribution in [0.25, 0.3) is 5.65 Å². The Morgan fingerprint density at radius 2 is 1.96 bits per heavy atom. The molecule has 5 nitrogen and oxygen atoms in total. The van der Waals surface area contributed by atoms with Crippen LogP contribution in [-0.4, -0.2) is 15.3 Å². The van der Waals surface area contributed by atoms with E-state index >= 15 is 0 Å². The average Bonchev–Trinajstić information content (AvgIpc) is 3.08. The summed E-state index contributed by atoms with van der Waals surface area (Å²) in [5.41, 5.74) is 3.12. The van der Waals surface area contributed by atoms with Gasteiger partial charge in [-0.05, 0) is 48.9 Å². The summed E-state index contributed by atoms with van der Waals surface area (Å²) in [5, 5.41) is 3.39. The van der Waals surface area contributed by atoms with Crippen LogP contribution >= 0.6 is 11.6 Å². The first kappa shape index (κ1) is 18.1. The zero-order valence-electron chi connectivity index (χ0n) is 15.2. The molecule has 4 rings (SSSR count). The van der Waals surface area contributed by atoms with E-state index in [1.165, 1.54) is 0 Å². The molecule has 0 bridgehead atoms. The van der Waals surface area contributed by atoms with Crippen molar-refractivity contribution in [2.75, 3.05) is 5.32 Å². The molecule has 1 N–H and O–H groups in total. The lowest BCUT2D eigenvalue weighted by molar-refractivity contribution is -0.115. The number of pyridine rings is 1. The molecule has 1 amide bonds. The lowest BCUT2D eigenvalue weighted by Crippen LogP contribution is -2.15. The summed E-state index contributed by atoms with van der Waals surface area (Å²) in [6.45, 7) is 1.99. The van der Waals surface area contributed by atoms with Crippen LogP contribution < -0.4 is 10.1 Å². The molecule has 0 unspecified atom stereocenters. The van der Waals surface area contributed by atoms with Crippen LogP contribution in [-0.2, 0) is 11.2 Å². The Morgan fingerprint density at radius 1 is 1.14 bits per heavy atom. The van der Waals surface area contributed by atoms with Crippen molar-refractivity contribution in [3.8, 4) is 11.5 Å². The number of imidazole rings is 1. The Kier molecular flexibility index (Phi) is 5.00. The first-order chi connectivity index (χ1) is 13.6. The van der Waals surface area contributed by atoms with E-state index in [-0.39, 0.29) is 12.3 Å². The molecule has 0 radical (unpaired) electrons. The monoisotopic (exact) mass is 391 g/mol. The fourth-order valence-corrected chi connectivity index (χ4v) is 3.12. The summed E-state index contributed by atoms with van der Waals surface area (Å²) in [5.74, 6) is 1.01. The van der Waals surface area contributed by atoms with Crippen molar-refractivity contribution in [1.29, 1.82) is 0 Å². The first-order valence-corrected chi connectivity index (χ1v) is 9.22. The zero-order valence-corrected chi connectivity index (χ0v) is 16.0. The van der Waals surface area contributed by atoms with Crippen molar-refractivity contribution >= 4 is 28.8 Å². The van der Waals surface area contributed by atoms with Crippen molar-refractivity contribution < 1.29 is 9.53 Å². The molecule has 2 aromatic carbocycles. The molecule has 0 fully saturated rings. The van der Waals surface area contributed by atoms with Crippen LogP contribution in [0.2, 0.25) is 5.02 Å². The molecule has 6 heteroatoms. The summed E-state index contributed by atoms with van der Waals surface area (Å²) < 4.78 is 7.80. The normalized spacial score (nSPS) is 10.8. The maximum absolute atomic E-state index is 12.6. The summed E-state index contributed by atoms with van der Waals surface area (Å²) >= 11 is 6.11. The Hall–Kier alpha value is -3.31. The number of amides is 1. The van der Waals surface area contributed by atoms with Crippen LogP contribution in [0.5, 0.6) is 11.5 Å². The minimum absolute atomic E-state index is 0.151. The van der Waals surface area contributed by atoms with Gasteiger partial charge >= 0.3 is 0 Å². The summed E-state index contributed by atoms with van der Waals surface area (Å²) in [6, 6.07) is 18.4. The number of hydrogen-bond acceptors (Lipinski definition) is 3. The highest BCUT2D eigenvalue weighted by Gasteiger charge is 2.13. The number of ether oxygens (including phenoxy) is 1. The third-order valence-electron chi connectivity index (χ3n) is 4.26. The predicted molar refractivity (Wildman–Crippen MR) is 110 cm³/mol. The van der Waals surface area contributed by atoms with E-state index in [9.17, 15) is 4.79 Å². The van der Waals surface area contributed by atoms with E-state index in [2.05, 4.69) is 10.3 Å². The van der Waals surface area contributed by atoms with Gasteiger partial charge in [0.25, 0.3) is 0 Å². The Morgan fingerprint density at radius 3 is 2.75 bits per heavy atom. The molecular weight excluding hydrogens is 374 g/mol. The van der Waals surface area contributed by atoms with Crippen molar-refractivity contribution in [3.05, 3.63) is 89.3 Å². The van der Waals surface area contributed by atoms with E-state index in [0.29, 0.717) is 27.9 Å². The van der Waals surface area contributed by atoms with Gasteiger partial charge in [0.2, 0.25) is 5.91 Å². The lowest BCUT2D eigenvalue weighted by Gasteiger charge is -2.12. The number of fused-ring (bicyclic) bond motifs is 1. The number of nitrogens with one attached hydrogen (secondary N) is 1. The van der Waals surface area contributed by atoms with Crippen LogP contribution in [0.3, 0.4) is 0 Å². The number of carbonyl (C=O) groups is 1. The van der Waals surface area contributed by atoms with E-state index < -0.39 is 0 Å². The van der Waals surface area contributed by atoms with Crippen LogP contribution in [0.15, 0.2) is 73.1 Å². The molecule has 28 heavy (non-hydrogen) atoms. The van der Waals surface area contributed by atoms with Crippen LogP contribution in [0.4, 0.5) is 5.69 Å². The average molecular weight is 392 g/mol. The SMILES string of the molecule is Cc1cccn2cc(CC(=O)Nc3cc(Cl)ccc3Oc3ccccc3)nc12. The van der Waals surface area contributed by atoms with E-state index in [1.54, 1.807) is 18.2 Å². The molecule has 0 aliphatic heterocycles. The molecule has 0 saturated carbocycles. The van der Waals surface area contributed by atoms with Crippen LogP contribution in [0.1, 0.15) is 11.3 Å². The Labute approximate surface area is 167 Å². The number of para-hydroxylation sites is 1. The molecule has 0 aliphatic rings. The van der Waals surface area contributed by atoms with Gasteiger partial charge in [-0.15, -0.1) is 0 Å². The van der Waals surface area contributed by atoms with Crippen molar-refractivity contribution in [2.24, 2.45) is 0 Å². The van der Waals surface area contributed by atoms with Gasteiger partial charge in [-0.2, -0.15) is 0 Å². The predicted octanol–water partition coefficient (Wildman–Crippen LogP) is 5.27. The van der Waals surface area contributed by atoms with Gasteiger partial charge in [-0.1, -0.05) is 35.9 Å². The summed E-state index contributed by atoms with van der Waals surface area (Å²) in [4.78, 5) is 17.1. The molecule has 0 spiro atoms. The second kappa shape index (κ2) is 7.74. The number of aromatic nitrogens is 2. The maximum Gasteiger partial charge on any atom is 0.230 e. The number of carbonyl (C=O) groups excluding carboxylic acids is 1. The second-order valence-electron chi connectivity index (χ2n) is 6.43. The molecule has 2 aromatic heterocycles.